The number of carboxylic acid groups (broad SMARTS) is 1. The van der Waals surface area contributed by atoms with E-state index in [4.69, 9.17) is 28.9 Å². The van der Waals surface area contributed by atoms with E-state index in [9.17, 15) is 19.6 Å². The van der Waals surface area contributed by atoms with Gasteiger partial charge in [0, 0.05) is 36.6 Å². The number of amides is 1. The number of hydrogen-bond acceptors (Lipinski definition) is 7. The molecule has 8 nitrogen and oxygen atoms in total. The molecule has 2 aromatic rings. The Bertz CT molecular complexity index is 1450. The lowest BCUT2D eigenvalue weighted by Crippen LogP contribution is -2.29. The molecule has 0 spiro atoms. The van der Waals surface area contributed by atoms with Crippen LogP contribution in [0.2, 0.25) is 5.02 Å². The van der Waals surface area contributed by atoms with Gasteiger partial charge in [0.15, 0.2) is 0 Å². The lowest BCUT2D eigenvalue weighted by Gasteiger charge is -2.20. The monoisotopic (exact) mass is 628 g/mol. The molecule has 42 heavy (non-hydrogen) atoms. The number of carbonyl (C=O) groups excluding carboxylic acids is 1. The largest absolute Gasteiger partial charge is 0.481 e. The molecule has 1 amide bonds. The van der Waals surface area contributed by atoms with Gasteiger partial charge in [-0.1, -0.05) is 92.3 Å². The Morgan fingerprint density at radius 1 is 1.12 bits per heavy atom. The number of halogens is 1. The molecule has 2 heterocycles. The molecule has 2 N–H and O–H groups in total. The van der Waals surface area contributed by atoms with Crippen molar-refractivity contribution < 1.29 is 14.7 Å². The van der Waals surface area contributed by atoms with E-state index in [1.165, 1.54) is 16.3 Å². The van der Waals surface area contributed by atoms with Crippen LogP contribution in [0.5, 0.6) is 0 Å². The summed E-state index contributed by atoms with van der Waals surface area (Å²) < 4.78 is 2.01. The van der Waals surface area contributed by atoms with E-state index in [2.05, 4.69) is 5.32 Å². The summed E-state index contributed by atoms with van der Waals surface area (Å²) >= 11 is 13.1. The first kappa shape index (κ1) is 33.4. The normalized spacial score (nSPS) is 14.0. The number of benzene rings is 1. The zero-order valence-electron chi connectivity index (χ0n) is 24.1. The van der Waals surface area contributed by atoms with Crippen LogP contribution >= 0.6 is 35.6 Å². The molecule has 0 bridgehead atoms. The molecule has 0 saturated carbocycles. The maximum Gasteiger partial charge on any atom is 0.303 e. The first-order chi connectivity index (χ1) is 20.2. The number of nitrogens with one attached hydrogen (secondary N) is 1. The Kier molecular flexibility index (Phi) is 13.1. The number of unbranched alkanes of at least 4 members (excludes halogenated alkanes) is 7. The number of carbonyl (C=O) groups is 2. The first-order valence-electron chi connectivity index (χ1n) is 14.3. The van der Waals surface area contributed by atoms with E-state index in [0.717, 1.165) is 56.9 Å². The number of rotatable bonds is 16. The highest BCUT2D eigenvalue weighted by atomic mass is 35.5. The fourth-order valence-electron chi connectivity index (χ4n) is 4.91. The number of nitriles is 1. The Morgan fingerprint density at radius 2 is 1.76 bits per heavy atom. The van der Waals surface area contributed by atoms with Gasteiger partial charge in [0.2, 0.25) is 0 Å². The minimum Gasteiger partial charge on any atom is -0.481 e. The van der Waals surface area contributed by atoms with Crippen molar-refractivity contribution in [3.05, 3.63) is 66.8 Å². The predicted octanol–water partition coefficient (Wildman–Crippen LogP) is 7.11. The maximum absolute atomic E-state index is 13.4. The summed E-state index contributed by atoms with van der Waals surface area (Å²) in [6, 6.07) is 9.47. The topological polar surface area (TPSA) is 115 Å². The van der Waals surface area contributed by atoms with Crippen LogP contribution in [-0.2, 0) is 22.7 Å². The highest BCUT2D eigenvalue weighted by molar-refractivity contribution is 8.26. The van der Waals surface area contributed by atoms with E-state index in [0.29, 0.717) is 50.8 Å². The number of thiocarbonyl (C=S) groups is 1. The van der Waals surface area contributed by atoms with Crippen LogP contribution in [0.15, 0.2) is 34.0 Å². The summed E-state index contributed by atoms with van der Waals surface area (Å²) in [4.78, 5) is 39.2. The van der Waals surface area contributed by atoms with Gasteiger partial charge >= 0.3 is 5.97 Å². The van der Waals surface area contributed by atoms with Gasteiger partial charge in [-0.2, -0.15) is 5.26 Å². The second-order valence-corrected chi connectivity index (χ2v) is 12.3. The second kappa shape index (κ2) is 16.5. The molecule has 11 heteroatoms. The van der Waals surface area contributed by atoms with Crippen molar-refractivity contribution in [2.24, 2.45) is 0 Å². The average molecular weight is 629 g/mol. The minimum absolute atomic E-state index is 0.0451. The smallest absolute Gasteiger partial charge is 0.303 e. The fraction of sp³-hybridized carbons (Fsp3) is 0.452. The molecule has 1 saturated heterocycles. The summed E-state index contributed by atoms with van der Waals surface area (Å²) in [6.45, 7) is 4.78. The molecule has 224 valence electrons. The van der Waals surface area contributed by atoms with Gasteiger partial charge in [-0.25, -0.2) is 0 Å². The zero-order valence-corrected chi connectivity index (χ0v) is 26.5. The van der Waals surface area contributed by atoms with Gasteiger partial charge in [-0.05, 0) is 50.0 Å². The van der Waals surface area contributed by atoms with Gasteiger partial charge in [0.05, 0.1) is 4.91 Å². The van der Waals surface area contributed by atoms with E-state index >= 15 is 0 Å². The SMILES string of the molecule is CCn1c(NCc2ccccc2Cl)c(/C=C2/SC(=S)N(CCCCCCCCCCC(=O)O)C2=O)c(C)c(C#N)c1=O. The number of anilines is 1. The molecule has 1 fully saturated rings. The van der Waals surface area contributed by atoms with Gasteiger partial charge in [0.25, 0.3) is 11.5 Å². The second-order valence-electron chi connectivity index (χ2n) is 10.2. The third-order valence-corrected chi connectivity index (χ3v) is 9.01. The van der Waals surface area contributed by atoms with Gasteiger partial charge in [-0.3, -0.25) is 23.9 Å². The molecule has 1 aromatic carbocycles. The lowest BCUT2D eigenvalue weighted by atomic mass is 10.0. The molecular weight excluding hydrogens is 592 g/mol. The summed E-state index contributed by atoms with van der Waals surface area (Å²) in [5.74, 6) is -0.391. The minimum atomic E-state index is -0.738. The van der Waals surface area contributed by atoms with Crippen LogP contribution in [0.25, 0.3) is 6.08 Å². The van der Waals surface area contributed by atoms with Crippen molar-refractivity contribution >= 4 is 63.7 Å². The van der Waals surface area contributed by atoms with Crippen molar-refractivity contribution in [2.45, 2.75) is 84.7 Å². The highest BCUT2D eigenvalue weighted by Gasteiger charge is 2.32. The molecule has 0 aliphatic carbocycles. The van der Waals surface area contributed by atoms with Gasteiger partial charge in [0.1, 0.15) is 21.8 Å². The molecular formula is C31H37ClN4O4S2. The number of thioether (sulfide) groups is 1. The first-order valence-corrected chi connectivity index (χ1v) is 15.9. The van der Waals surface area contributed by atoms with Crippen molar-refractivity contribution in [2.75, 3.05) is 11.9 Å². The number of carboxylic acids is 1. The maximum atomic E-state index is 13.4. The third kappa shape index (κ3) is 8.69. The van der Waals surface area contributed by atoms with Crippen molar-refractivity contribution in [3.63, 3.8) is 0 Å². The Balaban J connectivity index is 1.71. The van der Waals surface area contributed by atoms with Crippen molar-refractivity contribution in [1.29, 1.82) is 5.26 Å². The van der Waals surface area contributed by atoms with Crippen LogP contribution < -0.4 is 10.9 Å². The van der Waals surface area contributed by atoms with Crippen LogP contribution in [0.1, 0.15) is 87.0 Å². The molecule has 1 aliphatic rings. The number of hydrogen-bond donors (Lipinski definition) is 2. The Morgan fingerprint density at radius 3 is 2.38 bits per heavy atom. The Hall–Kier alpha value is -3.13. The number of aliphatic carboxylic acids is 1. The summed E-state index contributed by atoms with van der Waals surface area (Å²) in [6.07, 6.45) is 9.72. The Labute approximate surface area is 261 Å². The number of pyridine rings is 1. The fourth-order valence-corrected chi connectivity index (χ4v) is 6.40. The van der Waals surface area contributed by atoms with E-state index in [1.54, 1.807) is 24.0 Å². The van der Waals surface area contributed by atoms with E-state index in [1.807, 2.05) is 31.2 Å². The van der Waals surface area contributed by atoms with E-state index < -0.39 is 5.97 Å². The molecule has 0 atom stereocenters. The summed E-state index contributed by atoms with van der Waals surface area (Å²) in [5, 5.41) is 22.4. The zero-order chi connectivity index (χ0) is 30.6. The predicted molar refractivity (Wildman–Crippen MR) is 174 cm³/mol. The quantitative estimate of drug-likeness (QED) is 0.115. The van der Waals surface area contributed by atoms with Crippen molar-refractivity contribution in [1.82, 2.24) is 9.47 Å². The third-order valence-electron chi connectivity index (χ3n) is 7.27. The molecule has 1 aliphatic heterocycles. The average Bonchev–Trinajstić information content (AvgIpc) is 3.22. The summed E-state index contributed by atoms with van der Waals surface area (Å²) in [7, 11) is 0. The number of nitrogens with zero attached hydrogens (tertiary/aromatic N) is 3. The number of aromatic nitrogens is 1. The van der Waals surface area contributed by atoms with Gasteiger partial charge in [-0.15, -0.1) is 0 Å². The van der Waals surface area contributed by atoms with Crippen LogP contribution in [0.3, 0.4) is 0 Å². The van der Waals surface area contributed by atoms with Crippen LogP contribution in [-0.4, -0.2) is 37.3 Å². The molecule has 3 rings (SSSR count). The van der Waals surface area contributed by atoms with Crippen LogP contribution in [0, 0.1) is 18.3 Å². The molecule has 0 unspecified atom stereocenters. The molecule has 0 radical (unpaired) electrons. The standard InChI is InChI=1S/C31H37ClN4O4S2/c1-3-35-28(34-20-22-14-11-12-15-25(22)32)23(21(2)24(19-33)29(35)39)18-26-30(40)36(31(41)42-26)17-13-9-7-5-4-6-8-10-16-27(37)38/h11-12,14-15,18,34H,3-10,13,16-17,20H2,1-2H3,(H,37,38)/b26-18+. The van der Waals surface area contributed by atoms with E-state index in [-0.39, 0.29) is 23.5 Å². The van der Waals surface area contributed by atoms with Crippen LogP contribution in [0.4, 0.5) is 5.82 Å². The highest BCUT2D eigenvalue weighted by Crippen LogP contribution is 2.35. The van der Waals surface area contributed by atoms with Crippen molar-refractivity contribution in [3.8, 4) is 6.07 Å². The van der Waals surface area contributed by atoms with Gasteiger partial charge < -0.3 is 10.4 Å². The summed E-state index contributed by atoms with van der Waals surface area (Å²) in [5.41, 5.74) is 1.62. The lowest BCUT2D eigenvalue weighted by molar-refractivity contribution is -0.137. The molecule has 1 aromatic heterocycles.